The molecule has 6 heterocycles. The van der Waals surface area contributed by atoms with Gasteiger partial charge in [-0.15, -0.1) is 0 Å². The van der Waals surface area contributed by atoms with Gasteiger partial charge in [0.2, 0.25) is 10.3 Å². The highest BCUT2D eigenvalue weighted by Gasteiger charge is 2.31. The number of nitrogens with two attached hydrogens (primary N) is 2. The summed E-state index contributed by atoms with van der Waals surface area (Å²) in [5.74, 6) is -0.108. The molecule has 2 amide bonds. The molecule has 0 radical (unpaired) electrons. The number of nitrogens with zero attached hydrogens (tertiary/aromatic N) is 10. The summed E-state index contributed by atoms with van der Waals surface area (Å²) in [6.45, 7) is 10.1. The van der Waals surface area contributed by atoms with E-state index in [2.05, 4.69) is 19.9 Å². The lowest BCUT2D eigenvalue weighted by Crippen LogP contribution is -2.39. The number of imidazole rings is 2. The maximum atomic E-state index is 13.4. The Labute approximate surface area is 370 Å². The average molecular weight is 915 g/mol. The molecule has 0 unspecified atom stereocenters. The third-order valence-corrected chi connectivity index (χ3v) is 14.7. The number of amides is 2. The van der Waals surface area contributed by atoms with Gasteiger partial charge in [0.25, 0.3) is 0 Å². The topological polar surface area (TPSA) is 280 Å². The summed E-state index contributed by atoms with van der Waals surface area (Å²) in [5, 5.41) is -0.430. The van der Waals surface area contributed by atoms with Crippen molar-refractivity contribution in [1.29, 1.82) is 9.56 Å². The Morgan fingerprint density at radius 1 is 0.594 bits per heavy atom. The van der Waals surface area contributed by atoms with Gasteiger partial charge >= 0.3 is 23.4 Å². The fourth-order valence-corrected chi connectivity index (χ4v) is 10.3. The van der Waals surface area contributed by atoms with Crippen molar-refractivity contribution in [2.45, 2.75) is 89.6 Å². The van der Waals surface area contributed by atoms with E-state index in [0.29, 0.717) is 39.0 Å². The van der Waals surface area contributed by atoms with E-state index in [1.165, 1.54) is 9.13 Å². The van der Waals surface area contributed by atoms with E-state index in [0.717, 1.165) is 57.1 Å². The number of fused-ring (bicyclic) bond motifs is 2. The Morgan fingerprint density at radius 2 is 0.922 bits per heavy atom. The van der Waals surface area contributed by atoms with Gasteiger partial charge in [-0.05, 0) is 63.5 Å². The molecule has 8 rings (SSSR count). The smallest absolute Gasteiger partial charge is 0.339 e. The lowest BCUT2D eigenvalue weighted by Gasteiger charge is -2.15. The van der Waals surface area contributed by atoms with E-state index in [-0.39, 0.29) is 68.9 Å². The zero-order valence-electron chi connectivity index (χ0n) is 36.4. The van der Waals surface area contributed by atoms with Crippen LogP contribution in [0.1, 0.15) is 74.6 Å². The van der Waals surface area contributed by atoms with Crippen LogP contribution in [0.5, 0.6) is 0 Å². The first-order chi connectivity index (χ1) is 30.4. The second-order valence-corrected chi connectivity index (χ2v) is 20.5. The summed E-state index contributed by atoms with van der Waals surface area (Å²) in [6, 6.07) is 14.4. The normalized spacial score (nSPS) is 15.9. The summed E-state index contributed by atoms with van der Waals surface area (Å²) < 4.78 is 46.8. The molecular weight excluding hydrogens is 861 g/mol. The van der Waals surface area contributed by atoms with Gasteiger partial charge in [0.1, 0.15) is 30.5 Å². The Bertz CT molecular complexity index is 2880. The molecule has 2 fully saturated rings. The molecule has 64 heavy (non-hydrogen) atoms. The fraction of sp³-hybridized carbons (Fsp3) is 0.429. The fourth-order valence-electron chi connectivity index (χ4n) is 7.84. The van der Waals surface area contributed by atoms with Crippen LogP contribution in [-0.4, -0.2) is 106 Å². The molecule has 2 aliphatic heterocycles. The first kappa shape index (κ1) is 45.6. The number of hydrogen-bond donors (Lipinski definition) is 4. The number of carbonyl (C=O) groups excluding carboxylic acids is 2. The first-order valence-corrected chi connectivity index (χ1v) is 24.7. The van der Waals surface area contributed by atoms with Gasteiger partial charge in [-0.3, -0.25) is 9.13 Å². The Hall–Kier alpha value is -6.42. The standard InChI is InChI=1S/2C21H27N7O3S/c2*1-3-12-32(23,31)19-24-17(22)16-18(25-19)27(13-15-8-6-14(2)7-9-15)21(30)28(16)20(29)26-10-4-5-11-26/h2*6-9,23H,3-5,10-13H2,1-2H3,(H2,22,24,25)/t2*32-/m10/s1. The van der Waals surface area contributed by atoms with Gasteiger partial charge in [0.05, 0.1) is 13.1 Å². The van der Waals surface area contributed by atoms with Crippen molar-refractivity contribution < 1.29 is 18.0 Å². The number of aryl methyl sites for hydroxylation is 2. The molecule has 4 aromatic heterocycles. The van der Waals surface area contributed by atoms with Crippen molar-refractivity contribution >= 4 is 65.5 Å². The Morgan fingerprint density at radius 3 is 1.23 bits per heavy atom. The second kappa shape index (κ2) is 18.4. The monoisotopic (exact) mass is 914 g/mol. The number of hydrogen-bond acceptors (Lipinski definition) is 14. The van der Waals surface area contributed by atoms with Crippen LogP contribution in [0.3, 0.4) is 0 Å². The molecule has 0 saturated carbocycles. The number of rotatable bonds is 10. The van der Waals surface area contributed by atoms with Crippen LogP contribution < -0.4 is 22.8 Å². The zero-order chi connectivity index (χ0) is 46.1. The molecule has 340 valence electrons. The number of aromatic nitrogens is 8. The average Bonchev–Trinajstić information content (AvgIpc) is 4.08. The summed E-state index contributed by atoms with van der Waals surface area (Å²) in [7, 11) is -6.56. The summed E-state index contributed by atoms with van der Waals surface area (Å²) in [5.41, 5.74) is 15.4. The molecule has 2 aliphatic rings. The van der Waals surface area contributed by atoms with Crippen LogP contribution >= 0.6 is 0 Å². The number of benzene rings is 2. The van der Waals surface area contributed by atoms with Crippen LogP contribution in [0.25, 0.3) is 22.3 Å². The van der Waals surface area contributed by atoms with Gasteiger partial charge in [-0.1, -0.05) is 73.5 Å². The van der Waals surface area contributed by atoms with E-state index in [1.54, 1.807) is 9.80 Å². The molecule has 2 atom stereocenters. The number of nitrogens with one attached hydrogen (secondary N) is 2. The SMILES string of the molecule is CCC[S@@](=N)(=O)c1nc(N)c2c(n1)n(Cc1ccc(C)cc1)c(=O)n2C(=O)N1CCCC1.CCC[S@](=N)(=O)c1nc(N)c2c(n1)n(Cc1ccc(C)cc1)c(=O)n2C(=O)N1CCCC1. The van der Waals surface area contributed by atoms with Gasteiger partial charge in [-0.25, -0.2) is 56.3 Å². The molecule has 2 saturated heterocycles. The maximum Gasteiger partial charge on any atom is 0.339 e. The van der Waals surface area contributed by atoms with E-state index in [9.17, 15) is 27.6 Å². The van der Waals surface area contributed by atoms with Crippen LogP contribution in [0.4, 0.5) is 21.2 Å². The molecule has 0 aliphatic carbocycles. The van der Waals surface area contributed by atoms with E-state index < -0.39 is 42.9 Å². The molecule has 22 heteroatoms. The minimum absolute atomic E-state index is 0.0769. The second-order valence-electron chi connectivity index (χ2n) is 16.2. The zero-order valence-corrected chi connectivity index (χ0v) is 38.0. The van der Waals surface area contributed by atoms with Crippen LogP contribution in [0.2, 0.25) is 0 Å². The minimum atomic E-state index is -3.28. The highest BCUT2D eigenvalue weighted by Crippen LogP contribution is 2.25. The Kier molecular flexibility index (Phi) is 13.1. The van der Waals surface area contributed by atoms with E-state index in [1.807, 2.05) is 76.2 Å². The van der Waals surface area contributed by atoms with Crippen LogP contribution in [-0.2, 0) is 32.5 Å². The molecular formula is C42H54N14O6S2. The van der Waals surface area contributed by atoms with Crippen molar-refractivity contribution in [3.05, 3.63) is 91.8 Å². The summed E-state index contributed by atoms with van der Waals surface area (Å²) in [4.78, 5) is 73.4. The van der Waals surface area contributed by atoms with E-state index >= 15 is 0 Å². The molecule has 6 N–H and O–H groups in total. The van der Waals surface area contributed by atoms with Crippen molar-refractivity contribution in [2.24, 2.45) is 0 Å². The van der Waals surface area contributed by atoms with Crippen molar-refractivity contribution in [2.75, 3.05) is 49.2 Å². The van der Waals surface area contributed by atoms with Crippen molar-refractivity contribution in [3.8, 4) is 0 Å². The molecule has 2 aromatic carbocycles. The molecule has 20 nitrogen and oxygen atoms in total. The lowest BCUT2D eigenvalue weighted by molar-refractivity contribution is 0.209. The predicted octanol–water partition coefficient (Wildman–Crippen LogP) is 4.82. The number of nitrogen functional groups attached to an aromatic ring is 2. The highest BCUT2D eigenvalue weighted by atomic mass is 32.2. The van der Waals surface area contributed by atoms with E-state index in [4.69, 9.17) is 21.0 Å². The predicted molar refractivity (Wildman–Crippen MR) is 245 cm³/mol. The third kappa shape index (κ3) is 9.01. The summed E-state index contributed by atoms with van der Waals surface area (Å²) in [6.07, 6.45) is 4.50. The lowest BCUT2D eigenvalue weighted by atomic mass is 10.1. The van der Waals surface area contributed by atoms with Crippen LogP contribution in [0.15, 0.2) is 68.4 Å². The van der Waals surface area contributed by atoms with Gasteiger partial charge in [0, 0.05) is 37.7 Å². The van der Waals surface area contributed by atoms with Crippen molar-refractivity contribution in [3.63, 3.8) is 0 Å². The largest absolute Gasteiger partial charge is 0.382 e. The highest BCUT2D eigenvalue weighted by molar-refractivity contribution is 7.92. The quantitative estimate of drug-likeness (QED) is 0.135. The molecule has 0 spiro atoms. The van der Waals surface area contributed by atoms with Gasteiger partial charge < -0.3 is 21.3 Å². The summed E-state index contributed by atoms with van der Waals surface area (Å²) >= 11 is 0. The number of anilines is 2. The molecule has 0 bridgehead atoms. The molecule has 6 aromatic rings. The third-order valence-electron chi connectivity index (χ3n) is 11.2. The first-order valence-electron chi connectivity index (χ1n) is 21.3. The van der Waals surface area contributed by atoms with Gasteiger partial charge in [0.15, 0.2) is 22.9 Å². The Balaban J connectivity index is 0.000000191. The minimum Gasteiger partial charge on any atom is -0.382 e. The van der Waals surface area contributed by atoms with Crippen LogP contribution in [0, 0.1) is 23.4 Å². The van der Waals surface area contributed by atoms with Gasteiger partial charge in [-0.2, -0.15) is 9.97 Å². The number of likely N-dealkylation sites (tertiary alicyclic amines) is 2. The van der Waals surface area contributed by atoms with Crippen molar-refractivity contribution in [1.82, 2.24) is 48.0 Å². The maximum absolute atomic E-state index is 13.4. The number of carbonyl (C=O) groups is 2.